The van der Waals surface area contributed by atoms with Gasteiger partial charge in [0.05, 0.1) is 12.5 Å². The molecule has 12 heavy (non-hydrogen) atoms. The third kappa shape index (κ3) is 4.85. The van der Waals surface area contributed by atoms with Crippen molar-refractivity contribution in [1.82, 2.24) is 4.90 Å². The lowest BCUT2D eigenvalue weighted by atomic mass is 10.2. The molecule has 0 aliphatic heterocycles. The van der Waals surface area contributed by atoms with Gasteiger partial charge in [-0.2, -0.15) is 0 Å². The predicted octanol–water partition coefficient (Wildman–Crippen LogP) is 0.228. The average Bonchev–Trinajstić information content (AvgIpc) is 1.84. The van der Waals surface area contributed by atoms with Crippen molar-refractivity contribution in [3.8, 4) is 0 Å². The molecule has 0 saturated carbocycles. The summed E-state index contributed by atoms with van der Waals surface area (Å²) in [7, 11) is 1.74. The van der Waals surface area contributed by atoms with Gasteiger partial charge in [-0.1, -0.05) is 6.92 Å². The Hall–Kier alpha value is -0.900. The molecule has 1 N–H and O–H groups in total. The van der Waals surface area contributed by atoms with Gasteiger partial charge in [0.15, 0.2) is 0 Å². The minimum Gasteiger partial charge on any atom is -0.481 e. The van der Waals surface area contributed by atoms with E-state index in [1.165, 1.54) is 6.92 Å². The first-order valence-corrected chi connectivity index (χ1v) is 3.84. The van der Waals surface area contributed by atoms with Gasteiger partial charge in [0.25, 0.3) is 0 Å². The van der Waals surface area contributed by atoms with E-state index in [1.54, 1.807) is 18.9 Å². The number of likely N-dealkylation sites (N-methyl/N-ethyl adjacent to an activating group) is 1. The maximum Gasteiger partial charge on any atom is 0.307 e. The molecular weight excluding hydrogens is 158 g/mol. The van der Waals surface area contributed by atoms with E-state index in [1.807, 2.05) is 0 Å². The molecule has 0 aliphatic carbocycles. The van der Waals surface area contributed by atoms with E-state index in [9.17, 15) is 9.59 Å². The highest BCUT2D eigenvalue weighted by Crippen LogP contribution is 1.97. The van der Waals surface area contributed by atoms with Gasteiger partial charge >= 0.3 is 5.97 Å². The first kappa shape index (κ1) is 11.1. The number of carbonyl (C=O) groups is 2. The highest BCUT2D eigenvalue weighted by atomic mass is 16.4. The van der Waals surface area contributed by atoms with Crippen LogP contribution in [0.25, 0.3) is 0 Å². The third-order valence-corrected chi connectivity index (χ3v) is 1.50. The average molecular weight is 173 g/mol. The molecule has 0 aliphatic rings. The van der Waals surface area contributed by atoms with Gasteiger partial charge < -0.3 is 5.11 Å². The number of hydrogen-bond donors (Lipinski definition) is 1. The summed E-state index contributed by atoms with van der Waals surface area (Å²) in [4.78, 5) is 22.7. The lowest BCUT2D eigenvalue weighted by Gasteiger charge is -2.16. The molecule has 0 aromatic rings. The van der Waals surface area contributed by atoms with Crippen LogP contribution < -0.4 is 0 Å². The summed E-state index contributed by atoms with van der Waals surface area (Å²) >= 11 is 0. The fraction of sp³-hybridized carbons (Fsp3) is 0.750. The number of carboxylic acid groups (broad SMARTS) is 1. The van der Waals surface area contributed by atoms with Crippen LogP contribution in [0.5, 0.6) is 0 Å². The molecule has 0 aromatic heterocycles. The van der Waals surface area contributed by atoms with Crippen LogP contribution in [0.15, 0.2) is 0 Å². The molecule has 0 aromatic carbocycles. The highest BCUT2D eigenvalue weighted by molar-refractivity contribution is 5.77. The van der Waals surface area contributed by atoms with Crippen LogP contribution in [0, 0.1) is 5.92 Å². The van der Waals surface area contributed by atoms with Crippen molar-refractivity contribution >= 4 is 11.8 Å². The van der Waals surface area contributed by atoms with Crippen LogP contribution in [0.3, 0.4) is 0 Å². The number of nitrogens with zero attached hydrogens (tertiary/aromatic N) is 1. The summed E-state index contributed by atoms with van der Waals surface area (Å²) in [6.45, 7) is 3.84. The quantitative estimate of drug-likeness (QED) is 0.646. The van der Waals surface area contributed by atoms with Crippen molar-refractivity contribution in [3.63, 3.8) is 0 Å². The summed E-state index contributed by atoms with van der Waals surface area (Å²) in [5, 5.41) is 8.55. The van der Waals surface area contributed by atoms with Crippen LogP contribution >= 0.6 is 0 Å². The lowest BCUT2D eigenvalue weighted by Crippen LogP contribution is -2.31. The molecule has 0 bridgehead atoms. The molecule has 0 heterocycles. The van der Waals surface area contributed by atoms with E-state index < -0.39 is 11.9 Å². The molecule has 4 heteroatoms. The van der Waals surface area contributed by atoms with Gasteiger partial charge in [0, 0.05) is 6.54 Å². The van der Waals surface area contributed by atoms with Crippen molar-refractivity contribution in [2.45, 2.75) is 13.8 Å². The van der Waals surface area contributed by atoms with E-state index >= 15 is 0 Å². The molecule has 0 amide bonds. The Morgan fingerprint density at radius 2 is 2.00 bits per heavy atom. The fourth-order valence-electron chi connectivity index (χ4n) is 0.990. The van der Waals surface area contributed by atoms with Crippen LogP contribution in [0.4, 0.5) is 0 Å². The minimum atomic E-state index is -0.828. The maximum atomic E-state index is 10.6. The van der Waals surface area contributed by atoms with Gasteiger partial charge in [0.2, 0.25) is 0 Å². The smallest absolute Gasteiger partial charge is 0.307 e. The predicted molar refractivity (Wildman–Crippen MR) is 45.0 cm³/mol. The van der Waals surface area contributed by atoms with Crippen LogP contribution in [0.2, 0.25) is 0 Å². The first-order valence-electron chi connectivity index (χ1n) is 3.84. The Morgan fingerprint density at radius 1 is 1.50 bits per heavy atom. The van der Waals surface area contributed by atoms with Gasteiger partial charge in [-0.3, -0.25) is 14.5 Å². The number of rotatable bonds is 5. The van der Waals surface area contributed by atoms with E-state index in [0.717, 1.165) is 0 Å². The monoisotopic (exact) mass is 173 g/mol. The third-order valence-electron chi connectivity index (χ3n) is 1.50. The second-order valence-electron chi connectivity index (χ2n) is 3.14. The first-order chi connectivity index (χ1) is 5.43. The standard InChI is InChI=1S/C8H15NO3/c1-6(8(11)12)4-9(3)5-7(2)10/h6H,4-5H2,1-3H3,(H,11,12). The maximum absolute atomic E-state index is 10.6. The Labute approximate surface area is 72.2 Å². The highest BCUT2D eigenvalue weighted by Gasteiger charge is 2.13. The zero-order valence-electron chi connectivity index (χ0n) is 7.70. The number of aliphatic carboxylic acids is 1. The Balaban J connectivity index is 3.76. The normalized spacial score (nSPS) is 13.0. The van der Waals surface area contributed by atoms with Crippen molar-refractivity contribution in [2.75, 3.05) is 20.1 Å². The minimum absolute atomic E-state index is 0.0510. The summed E-state index contributed by atoms with van der Waals surface area (Å²) in [6.07, 6.45) is 0. The van der Waals surface area contributed by atoms with Crippen molar-refractivity contribution in [3.05, 3.63) is 0 Å². The van der Waals surface area contributed by atoms with Gasteiger partial charge in [-0.25, -0.2) is 0 Å². The van der Waals surface area contributed by atoms with Crippen molar-refractivity contribution in [1.29, 1.82) is 0 Å². The molecule has 0 radical (unpaired) electrons. The van der Waals surface area contributed by atoms with Gasteiger partial charge in [0.1, 0.15) is 5.78 Å². The second kappa shape index (κ2) is 4.87. The van der Waals surface area contributed by atoms with Crippen LogP contribution in [-0.4, -0.2) is 41.9 Å². The number of hydrogen-bond acceptors (Lipinski definition) is 3. The summed E-state index contributed by atoms with van der Waals surface area (Å²) in [5.74, 6) is -1.20. The van der Waals surface area contributed by atoms with Crippen LogP contribution in [-0.2, 0) is 9.59 Å². The lowest BCUT2D eigenvalue weighted by molar-refractivity contribution is -0.142. The zero-order valence-corrected chi connectivity index (χ0v) is 7.70. The van der Waals surface area contributed by atoms with Gasteiger partial charge in [-0.05, 0) is 14.0 Å². The molecular formula is C8H15NO3. The van der Waals surface area contributed by atoms with E-state index in [2.05, 4.69) is 0 Å². The van der Waals surface area contributed by atoms with E-state index in [0.29, 0.717) is 13.1 Å². The molecule has 0 rings (SSSR count). The molecule has 70 valence electrons. The van der Waals surface area contributed by atoms with Gasteiger partial charge in [-0.15, -0.1) is 0 Å². The molecule has 0 spiro atoms. The van der Waals surface area contributed by atoms with Crippen LogP contribution in [0.1, 0.15) is 13.8 Å². The molecule has 0 fully saturated rings. The Morgan fingerprint density at radius 3 is 2.33 bits per heavy atom. The molecule has 1 atom stereocenters. The van der Waals surface area contributed by atoms with Crippen molar-refractivity contribution in [2.24, 2.45) is 5.92 Å². The molecule has 4 nitrogen and oxygen atoms in total. The zero-order chi connectivity index (χ0) is 9.72. The Bertz CT molecular complexity index is 179. The van der Waals surface area contributed by atoms with Crippen molar-refractivity contribution < 1.29 is 14.7 Å². The SMILES string of the molecule is CC(=O)CN(C)CC(C)C(=O)O. The number of carbonyl (C=O) groups excluding carboxylic acids is 1. The van der Waals surface area contributed by atoms with E-state index in [-0.39, 0.29) is 5.78 Å². The second-order valence-corrected chi connectivity index (χ2v) is 3.14. The summed E-state index contributed by atoms with van der Waals surface area (Å²) in [5.41, 5.74) is 0. The largest absolute Gasteiger partial charge is 0.481 e. The summed E-state index contributed by atoms with van der Waals surface area (Å²) < 4.78 is 0. The number of carboxylic acids is 1. The number of ketones is 1. The fourth-order valence-corrected chi connectivity index (χ4v) is 0.990. The Kier molecular flexibility index (Phi) is 4.51. The topological polar surface area (TPSA) is 57.6 Å². The molecule has 1 unspecified atom stereocenters. The van der Waals surface area contributed by atoms with E-state index in [4.69, 9.17) is 5.11 Å². The molecule has 0 saturated heterocycles. The number of Topliss-reactive ketones (excluding diaryl/α,β-unsaturated/α-hetero) is 1. The summed E-state index contributed by atoms with van der Waals surface area (Å²) in [6, 6.07) is 0.